The molecule has 78 valence electrons. The van der Waals surface area contributed by atoms with Crippen molar-refractivity contribution in [2.75, 3.05) is 0 Å². The van der Waals surface area contributed by atoms with Gasteiger partial charge in [0, 0.05) is 12.1 Å². The van der Waals surface area contributed by atoms with Crippen LogP contribution >= 0.6 is 22.9 Å². The summed E-state index contributed by atoms with van der Waals surface area (Å²) in [7, 11) is 0. The van der Waals surface area contributed by atoms with Gasteiger partial charge in [-0.2, -0.15) is 0 Å². The number of hydrogen-bond donors (Lipinski definition) is 0. The molecule has 0 aliphatic rings. The third-order valence-corrected chi connectivity index (χ3v) is 3.31. The quantitative estimate of drug-likeness (QED) is 0.809. The largest absolute Gasteiger partial charge is 0.294 e. The molecule has 0 aliphatic carbocycles. The van der Waals surface area contributed by atoms with E-state index in [4.69, 9.17) is 11.6 Å². The molecule has 0 bridgehead atoms. The zero-order valence-electron chi connectivity index (χ0n) is 8.11. The Kier molecular flexibility index (Phi) is 2.88. The minimum Gasteiger partial charge on any atom is -0.294 e. The predicted octanol–water partition coefficient (Wildman–Crippen LogP) is 2.60. The fourth-order valence-electron chi connectivity index (χ4n) is 1.29. The van der Waals surface area contributed by atoms with Crippen LogP contribution in [0.2, 0.25) is 0 Å². The van der Waals surface area contributed by atoms with Crippen molar-refractivity contribution in [1.29, 1.82) is 0 Å². The van der Waals surface area contributed by atoms with Crippen molar-refractivity contribution in [1.82, 2.24) is 9.55 Å². The number of halogens is 1. The van der Waals surface area contributed by atoms with Crippen LogP contribution in [-0.4, -0.2) is 9.55 Å². The molecule has 0 saturated heterocycles. The third-order valence-electron chi connectivity index (χ3n) is 2.04. The zero-order chi connectivity index (χ0) is 10.8. The van der Waals surface area contributed by atoms with Gasteiger partial charge in [0.1, 0.15) is 4.70 Å². The van der Waals surface area contributed by atoms with E-state index in [2.05, 4.69) is 4.98 Å². The number of thiophene rings is 1. The minimum absolute atomic E-state index is 0.00660. The average molecular weight is 241 g/mol. The number of allylic oxidation sites excluding steroid dienone is 1. The predicted molar refractivity (Wildman–Crippen MR) is 63.5 cm³/mol. The summed E-state index contributed by atoms with van der Waals surface area (Å²) in [5.74, 6) is 0. The van der Waals surface area contributed by atoms with Gasteiger partial charge in [0.15, 0.2) is 0 Å². The maximum Gasteiger partial charge on any atom is 0.271 e. The molecule has 0 radical (unpaired) electrons. The zero-order valence-corrected chi connectivity index (χ0v) is 9.68. The SMILES string of the molecule is C/C(=C/Cl)Cn1cnc2ccsc2c1=O. The molecule has 3 nitrogen and oxygen atoms in total. The second-order valence-electron chi connectivity index (χ2n) is 3.27. The molecule has 0 saturated carbocycles. The van der Waals surface area contributed by atoms with E-state index in [-0.39, 0.29) is 5.56 Å². The minimum atomic E-state index is -0.00660. The highest BCUT2D eigenvalue weighted by molar-refractivity contribution is 7.17. The molecule has 0 aromatic carbocycles. The average Bonchev–Trinajstić information content (AvgIpc) is 2.70. The van der Waals surface area contributed by atoms with Gasteiger partial charge in [0.05, 0.1) is 11.8 Å². The lowest BCUT2D eigenvalue weighted by molar-refractivity contribution is 0.739. The highest BCUT2D eigenvalue weighted by atomic mass is 35.5. The van der Waals surface area contributed by atoms with Gasteiger partial charge in [-0.05, 0) is 23.9 Å². The summed E-state index contributed by atoms with van der Waals surface area (Å²) in [4.78, 5) is 16.1. The van der Waals surface area contributed by atoms with Crippen LogP contribution in [0.5, 0.6) is 0 Å². The van der Waals surface area contributed by atoms with Crippen molar-refractivity contribution >= 4 is 33.2 Å². The van der Waals surface area contributed by atoms with Crippen molar-refractivity contribution in [2.45, 2.75) is 13.5 Å². The standard InChI is InChI=1S/C10H9ClN2OS/c1-7(4-11)5-13-6-12-8-2-3-15-9(8)10(13)14/h2-4,6H,5H2,1H3/b7-4-. The van der Waals surface area contributed by atoms with E-state index in [1.807, 2.05) is 18.4 Å². The molecule has 2 aromatic heterocycles. The Balaban J connectivity index is 2.53. The Hall–Kier alpha value is -1.13. The van der Waals surface area contributed by atoms with Crippen molar-refractivity contribution in [2.24, 2.45) is 0 Å². The molecule has 0 atom stereocenters. The second kappa shape index (κ2) is 4.16. The van der Waals surface area contributed by atoms with Gasteiger partial charge in [-0.3, -0.25) is 9.36 Å². The second-order valence-corrected chi connectivity index (χ2v) is 4.40. The molecular weight excluding hydrogens is 232 g/mol. The van der Waals surface area contributed by atoms with Gasteiger partial charge in [-0.1, -0.05) is 11.6 Å². The molecule has 0 N–H and O–H groups in total. The van der Waals surface area contributed by atoms with E-state index in [1.54, 1.807) is 10.9 Å². The van der Waals surface area contributed by atoms with E-state index < -0.39 is 0 Å². The van der Waals surface area contributed by atoms with Crippen molar-refractivity contribution in [3.05, 3.63) is 39.2 Å². The number of fused-ring (bicyclic) bond motifs is 1. The van der Waals surface area contributed by atoms with Gasteiger partial charge >= 0.3 is 0 Å². The van der Waals surface area contributed by atoms with Gasteiger partial charge in [0.25, 0.3) is 5.56 Å². The molecule has 2 rings (SSSR count). The summed E-state index contributed by atoms with van der Waals surface area (Å²) in [6, 6.07) is 1.84. The Labute approximate surface area is 95.6 Å². The molecule has 0 aliphatic heterocycles. The van der Waals surface area contributed by atoms with Crippen LogP contribution in [-0.2, 0) is 6.54 Å². The van der Waals surface area contributed by atoms with Gasteiger partial charge in [-0.15, -0.1) is 11.3 Å². The maximum absolute atomic E-state index is 11.9. The number of rotatable bonds is 2. The first kappa shape index (κ1) is 10.4. The fourth-order valence-corrected chi connectivity index (χ4v) is 2.16. The molecule has 0 fully saturated rings. The summed E-state index contributed by atoms with van der Waals surface area (Å²) in [5, 5.41) is 1.87. The Bertz CT molecular complexity index is 570. The van der Waals surface area contributed by atoms with E-state index in [1.165, 1.54) is 16.9 Å². The summed E-state index contributed by atoms with van der Waals surface area (Å²) < 4.78 is 2.26. The molecule has 0 unspecified atom stereocenters. The molecule has 0 spiro atoms. The Morgan fingerprint density at radius 1 is 1.73 bits per heavy atom. The topological polar surface area (TPSA) is 34.9 Å². The summed E-state index contributed by atoms with van der Waals surface area (Å²) in [6.07, 6.45) is 1.56. The smallest absolute Gasteiger partial charge is 0.271 e. The van der Waals surface area contributed by atoms with Crippen LogP contribution in [0.25, 0.3) is 10.2 Å². The Morgan fingerprint density at radius 2 is 2.53 bits per heavy atom. The van der Waals surface area contributed by atoms with Gasteiger partial charge < -0.3 is 0 Å². The Morgan fingerprint density at radius 3 is 3.27 bits per heavy atom. The maximum atomic E-state index is 11.9. The highest BCUT2D eigenvalue weighted by Crippen LogP contribution is 2.13. The molecule has 2 heterocycles. The molecule has 15 heavy (non-hydrogen) atoms. The van der Waals surface area contributed by atoms with E-state index in [9.17, 15) is 4.79 Å². The van der Waals surface area contributed by atoms with Crippen LogP contribution in [0.4, 0.5) is 0 Å². The number of hydrogen-bond acceptors (Lipinski definition) is 3. The summed E-state index contributed by atoms with van der Waals surface area (Å²) >= 11 is 6.97. The highest BCUT2D eigenvalue weighted by Gasteiger charge is 2.04. The van der Waals surface area contributed by atoms with Crippen LogP contribution in [0.15, 0.2) is 33.7 Å². The van der Waals surface area contributed by atoms with E-state index in [0.717, 1.165) is 11.1 Å². The van der Waals surface area contributed by atoms with Crippen LogP contribution in [0.3, 0.4) is 0 Å². The first-order valence-corrected chi connectivity index (χ1v) is 5.72. The fraction of sp³-hybridized carbons (Fsp3) is 0.200. The van der Waals surface area contributed by atoms with Gasteiger partial charge in [-0.25, -0.2) is 4.98 Å². The van der Waals surface area contributed by atoms with Crippen molar-refractivity contribution in [3.63, 3.8) is 0 Å². The number of nitrogens with zero attached hydrogens (tertiary/aromatic N) is 2. The molecule has 5 heteroatoms. The first-order chi connectivity index (χ1) is 7.22. The van der Waals surface area contributed by atoms with Crippen LogP contribution in [0, 0.1) is 0 Å². The lowest BCUT2D eigenvalue weighted by atomic mass is 10.3. The van der Waals surface area contributed by atoms with Crippen LogP contribution in [0.1, 0.15) is 6.92 Å². The van der Waals surface area contributed by atoms with Crippen molar-refractivity contribution in [3.8, 4) is 0 Å². The summed E-state index contributed by atoms with van der Waals surface area (Å²) in [5.41, 5.74) is 3.16. The lowest BCUT2D eigenvalue weighted by Crippen LogP contribution is -2.20. The monoisotopic (exact) mass is 240 g/mol. The summed E-state index contributed by atoms with van der Waals surface area (Å²) in [6.45, 7) is 2.36. The normalized spacial score (nSPS) is 12.3. The van der Waals surface area contributed by atoms with E-state index >= 15 is 0 Å². The van der Waals surface area contributed by atoms with Crippen molar-refractivity contribution < 1.29 is 0 Å². The number of aromatic nitrogens is 2. The lowest BCUT2D eigenvalue weighted by Gasteiger charge is -2.03. The molecule has 2 aromatic rings. The molecule has 0 amide bonds. The van der Waals surface area contributed by atoms with E-state index in [0.29, 0.717) is 11.2 Å². The third kappa shape index (κ3) is 1.96. The van der Waals surface area contributed by atoms with Gasteiger partial charge in [0.2, 0.25) is 0 Å². The molecular formula is C10H9ClN2OS. The van der Waals surface area contributed by atoms with Crippen LogP contribution < -0.4 is 5.56 Å². The first-order valence-electron chi connectivity index (χ1n) is 4.41.